The molecular formula is C17H16N6O. The van der Waals surface area contributed by atoms with E-state index in [-0.39, 0.29) is 6.03 Å². The largest absolute Gasteiger partial charge is 0.334 e. The van der Waals surface area contributed by atoms with Gasteiger partial charge in [0, 0.05) is 14.1 Å². The first-order chi connectivity index (χ1) is 11.6. The van der Waals surface area contributed by atoms with E-state index in [9.17, 15) is 4.79 Å². The molecule has 2 aromatic heterocycles. The fourth-order valence-corrected chi connectivity index (χ4v) is 2.79. The highest BCUT2D eigenvalue weighted by Crippen LogP contribution is 2.23. The molecule has 0 aliphatic rings. The van der Waals surface area contributed by atoms with Crippen molar-refractivity contribution in [3.63, 3.8) is 0 Å². The second-order valence-corrected chi connectivity index (χ2v) is 5.64. The van der Waals surface area contributed by atoms with Crippen molar-refractivity contribution in [2.24, 2.45) is 14.1 Å². The lowest BCUT2D eigenvalue weighted by molar-refractivity contribution is 0.262. The molecule has 0 aliphatic carbocycles. The average Bonchev–Trinajstić information content (AvgIpc) is 3.13. The number of carbonyl (C=O) groups is 1. The molecule has 2 amide bonds. The van der Waals surface area contributed by atoms with Crippen molar-refractivity contribution in [2.45, 2.75) is 0 Å². The van der Waals surface area contributed by atoms with Crippen LogP contribution in [0.25, 0.3) is 22.1 Å². The van der Waals surface area contributed by atoms with Crippen LogP contribution in [0.3, 0.4) is 0 Å². The molecule has 24 heavy (non-hydrogen) atoms. The Labute approximate surface area is 137 Å². The molecule has 0 bridgehead atoms. The summed E-state index contributed by atoms with van der Waals surface area (Å²) >= 11 is 0. The number of benzene rings is 2. The van der Waals surface area contributed by atoms with E-state index >= 15 is 0 Å². The molecule has 7 heteroatoms. The van der Waals surface area contributed by atoms with Crippen molar-refractivity contribution in [2.75, 3.05) is 10.6 Å². The molecule has 120 valence electrons. The number of nitrogens with one attached hydrogen (secondary N) is 2. The van der Waals surface area contributed by atoms with E-state index < -0.39 is 0 Å². The van der Waals surface area contributed by atoms with Gasteiger partial charge in [-0.1, -0.05) is 12.1 Å². The SMILES string of the molecule is Cn1cnc2c(NC(=O)Nc3cccc4c3ncn4C)cccc21. The molecule has 2 heterocycles. The number of hydrogen-bond acceptors (Lipinski definition) is 3. The number of urea groups is 1. The molecular weight excluding hydrogens is 304 g/mol. The van der Waals surface area contributed by atoms with E-state index in [0.29, 0.717) is 11.4 Å². The summed E-state index contributed by atoms with van der Waals surface area (Å²) in [5.41, 5.74) is 4.76. The fourth-order valence-electron chi connectivity index (χ4n) is 2.79. The van der Waals surface area contributed by atoms with Crippen LogP contribution in [0.5, 0.6) is 0 Å². The smallest absolute Gasteiger partial charge is 0.323 e. The number of anilines is 2. The molecule has 0 aliphatic heterocycles. The Morgan fingerprint density at radius 2 is 1.29 bits per heavy atom. The summed E-state index contributed by atoms with van der Waals surface area (Å²) in [4.78, 5) is 21.1. The molecule has 7 nitrogen and oxygen atoms in total. The summed E-state index contributed by atoms with van der Waals surface area (Å²) in [5.74, 6) is 0. The number of fused-ring (bicyclic) bond motifs is 2. The number of amides is 2. The van der Waals surface area contributed by atoms with E-state index in [1.807, 2.05) is 59.6 Å². The predicted molar refractivity (Wildman–Crippen MR) is 94.1 cm³/mol. The monoisotopic (exact) mass is 320 g/mol. The lowest BCUT2D eigenvalue weighted by atomic mass is 10.2. The lowest BCUT2D eigenvalue weighted by Crippen LogP contribution is -2.19. The minimum atomic E-state index is -0.327. The first kappa shape index (κ1) is 14.3. The number of hydrogen-bond donors (Lipinski definition) is 2. The third-order valence-electron chi connectivity index (χ3n) is 4.01. The summed E-state index contributed by atoms with van der Waals surface area (Å²) in [6, 6.07) is 11.0. The summed E-state index contributed by atoms with van der Waals surface area (Å²) in [5, 5.41) is 5.72. The van der Waals surface area contributed by atoms with Crippen molar-refractivity contribution in [3.05, 3.63) is 49.1 Å². The van der Waals surface area contributed by atoms with E-state index in [2.05, 4.69) is 20.6 Å². The van der Waals surface area contributed by atoms with Crippen molar-refractivity contribution in [1.29, 1.82) is 0 Å². The Morgan fingerprint density at radius 1 is 0.833 bits per heavy atom. The highest BCUT2D eigenvalue weighted by molar-refractivity contribution is 6.07. The van der Waals surface area contributed by atoms with Crippen LogP contribution in [0.1, 0.15) is 0 Å². The number of imidazole rings is 2. The molecule has 4 aromatic rings. The van der Waals surface area contributed by atoms with Crippen LogP contribution in [-0.4, -0.2) is 25.1 Å². The van der Waals surface area contributed by atoms with Gasteiger partial charge in [-0.15, -0.1) is 0 Å². The molecule has 2 aromatic carbocycles. The van der Waals surface area contributed by atoms with Gasteiger partial charge in [0.25, 0.3) is 0 Å². The van der Waals surface area contributed by atoms with Gasteiger partial charge in [-0.25, -0.2) is 14.8 Å². The number of aromatic nitrogens is 4. The van der Waals surface area contributed by atoms with Gasteiger partial charge in [-0.3, -0.25) is 0 Å². The van der Waals surface area contributed by atoms with Crippen molar-refractivity contribution < 1.29 is 4.79 Å². The van der Waals surface area contributed by atoms with E-state index in [0.717, 1.165) is 22.1 Å². The lowest BCUT2D eigenvalue weighted by Gasteiger charge is -2.09. The van der Waals surface area contributed by atoms with Crippen LogP contribution in [0.2, 0.25) is 0 Å². The topological polar surface area (TPSA) is 76.8 Å². The zero-order valence-corrected chi connectivity index (χ0v) is 13.3. The molecule has 4 rings (SSSR count). The molecule has 0 saturated heterocycles. The number of carbonyl (C=O) groups excluding carboxylic acids is 1. The molecule has 0 fully saturated rings. The minimum Gasteiger partial charge on any atom is -0.334 e. The van der Waals surface area contributed by atoms with Crippen LogP contribution in [0.15, 0.2) is 49.1 Å². The molecule has 0 saturated carbocycles. The quantitative estimate of drug-likeness (QED) is 0.596. The Kier molecular flexibility index (Phi) is 3.19. The first-order valence-electron chi connectivity index (χ1n) is 7.51. The second kappa shape index (κ2) is 5.38. The van der Waals surface area contributed by atoms with Gasteiger partial charge in [0.2, 0.25) is 0 Å². The van der Waals surface area contributed by atoms with Crippen molar-refractivity contribution >= 4 is 39.5 Å². The highest BCUT2D eigenvalue weighted by atomic mass is 16.2. The molecule has 0 radical (unpaired) electrons. The van der Waals surface area contributed by atoms with Gasteiger partial charge in [0.1, 0.15) is 11.0 Å². The Bertz CT molecular complexity index is 978. The molecule has 2 N–H and O–H groups in total. The normalized spacial score (nSPS) is 11.1. The van der Waals surface area contributed by atoms with Crippen LogP contribution in [-0.2, 0) is 14.1 Å². The standard InChI is InChI=1S/C17H16N6O/c1-22-9-18-15-11(5-3-7-13(15)22)20-17(24)21-12-6-4-8-14-16(12)19-10-23(14)2/h3-10H,1-2H3,(H2,20,21,24). The Balaban J connectivity index is 1.62. The number of aryl methyl sites for hydroxylation is 2. The van der Waals surface area contributed by atoms with E-state index in [4.69, 9.17) is 0 Å². The number of para-hydroxylation sites is 2. The zero-order chi connectivity index (χ0) is 16.7. The zero-order valence-electron chi connectivity index (χ0n) is 13.3. The van der Waals surface area contributed by atoms with Gasteiger partial charge in [-0.2, -0.15) is 0 Å². The summed E-state index contributed by atoms with van der Waals surface area (Å²) in [6.45, 7) is 0. The number of nitrogens with zero attached hydrogens (tertiary/aromatic N) is 4. The third-order valence-corrected chi connectivity index (χ3v) is 4.01. The van der Waals surface area contributed by atoms with Crippen LogP contribution in [0, 0.1) is 0 Å². The van der Waals surface area contributed by atoms with E-state index in [1.54, 1.807) is 12.7 Å². The molecule has 0 spiro atoms. The summed E-state index contributed by atoms with van der Waals surface area (Å²) in [6.07, 6.45) is 3.45. The number of rotatable bonds is 2. The van der Waals surface area contributed by atoms with Crippen LogP contribution >= 0.6 is 0 Å². The van der Waals surface area contributed by atoms with Gasteiger partial charge < -0.3 is 19.8 Å². The Hall–Kier alpha value is -3.35. The average molecular weight is 320 g/mol. The van der Waals surface area contributed by atoms with Crippen LogP contribution in [0.4, 0.5) is 16.2 Å². The van der Waals surface area contributed by atoms with E-state index in [1.165, 1.54) is 0 Å². The van der Waals surface area contributed by atoms with Gasteiger partial charge in [0.15, 0.2) is 0 Å². The maximum atomic E-state index is 12.4. The van der Waals surface area contributed by atoms with Crippen molar-refractivity contribution in [3.8, 4) is 0 Å². The maximum absolute atomic E-state index is 12.4. The van der Waals surface area contributed by atoms with Gasteiger partial charge in [-0.05, 0) is 24.3 Å². The first-order valence-corrected chi connectivity index (χ1v) is 7.51. The molecule has 0 unspecified atom stereocenters. The van der Waals surface area contributed by atoms with Crippen molar-refractivity contribution in [1.82, 2.24) is 19.1 Å². The summed E-state index contributed by atoms with van der Waals surface area (Å²) < 4.78 is 3.82. The predicted octanol–water partition coefficient (Wildman–Crippen LogP) is 3.10. The maximum Gasteiger partial charge on any atom is 0.323 e. The minimum absolute atomic E-state index is 0.327. The second-order valence-electron chi connectivity index (χ2n) is 5.64. The Morgan fingerprint density at radius 3 is 1.75 bits per heavy atom. The third kappa shape index (κ3) is 2.26. The summed E-state index contributed by atoms with van der Waals surface area (Å²) in [7, 11) is 3.84. The fraction of sp³-hybridized carbons (Fsp3) is 0.118. The van der Waals surface area contributed by atoms with Gasteiger partial charge in [0.05, 0.1) is 35.1 Å². The van der Waals surface area contributed by atoms with Gasteiger partial charge >= 0.3 is 6.03 Å². The highest BCUT2D eigenvalue weighted by Gasteiger charge is 2.11. The molecule has 0 atom stereocenters. The van der Waals surface area contributed by atoms with Crippen LogP contribution < -0.4 is 10.6 Å².